The highest BCUT2D eigenvalue weighted by molar-refractivity contribution is 5.95. The number of aryl methyl sites for hydroxylation is 1. The third kappa shape index (κ3) is 3.90. The van der Waals surface area contributed by atoms with Gasteiger partial charge in [-0.25, -0.2) is 0 Å². The molecule has 1 rings (SSSR count). The van der Waals surface area contributed by atoms with E-state index in [0.29, 0.717) is 5.56 Å². The van der Waals surface area contributed by atoms with Crippen LogP contribution in [0.25, 0.3) is 0 Å². The summed E-state index contributed by atoms with van der Waals surface area (Å²) in [5, 5.41) is 0. The number of carbonyl (C=O) groups excluding carboxylic acids is 2. The molecule has 92 valence electrons. The summed E-state index contributed by atoms with van der Waals surface area (Å²) in [7, 11) is 0. The van der Waals surface area contributed by atoms with Crippen molar-refractivity contribution < 1.29 is 9.59 Å². The Bertz CT molecular complexity index is 433. The summed E-state index contributed by atoms with van der Waals surface area (Å²) >= 11 is 0. The normalized spacial score (nSPS) is 10.8. The number of carbonyl (C=O) groups is 2. The molecular weight excluding hydrogens is 216 g/mol. The van der Waals surface area contributed by atoms with Gasteiger partial charge >= 0.3 is 0 Å². The van der Waals surface area contributed by atoms with Crippen LogP contribution in [0.1, 0.15) is 36.7 Å². The maximum atomic E-state index is 11.7. The van der Waals surface area contributed by atoms with Crippen LogP contribution in [-0.4, -0.2) is 11.8 Å². The summed E-state index contributed by atoms with van der Waals surface area (Å²) in [5.74, 6) is -0.537. The highest BCUT2D eigenvalue weighted by Crippen LogP contribution is 2.11. The lowest BCUT2D eigenvalue weighted by Crippen LogP contribution is -2.46. The first-order valence-electron chi connectivity index (χ1n) is 5.48. The van der Waals surface area contributed by atoms with Crippen LogP contribution in [0.3, 0.4) is 0 Å². The van der Waals surface area contributed by atoms with Crippen molar-refractivity contribution in [1.82, 2.24) is 10.9 Å². The van der Waals surface area contributed by atoms with Gasteiger partial charge in [-0.15, -0.1) is 0 Å². The van der Waals surface area contributed by atoms with Gasteiger partial charge in [-0.2, -0.15) is 0 Å². The predicted octanol–water partition coefficient (Wildman–Crippen LogP) is 1.80. The fourth-order valence-corrected chi connectivity index (χ4v) is 1.16. The molecule has 0 bridgehead atoms. The van der Waals surface area contributed by atoms with Crippen LogP contribution in [0.2, 0.25) is 0 Å². The molecule has 0 aliphatic rings. The summed E-state index contributed by atoms with van der Waals surface area (Å²) in [5.41, 5.74) is 5.79. The summed E-state index contributed by atoms with van der Waals surface area (Å²) in [6, 6.07) is 7.17. The maximum Gasteiger partial charge on any atom is 0.269 e. The molecular formula is C13H18N2O2. The minimum atomic E-state index is -0.528. The zero-order chi connectivity index (χ0) is 13.1. The van der Waals surface area contributed by atoms with Crippen LogP contribution in [0.4, 0.5) is 0 Å². The van der Waals surface area contributed by atoms with Crippen molar-refractivity contribution in [3.05, 3.63) is 35.4 Å². The average molecular weight is 234 g/mol. The first kappa shape index (κ1) is 13.2. The molecule has 2 N–H and O–H groups in total. The average Bonchev–Trinajstić information content (AvgIpc) is 2.24. The van der Waals surface area contributed by atoms with Crippen molar-refractivity contribution in [1.29, 1.82) is 0 Å². The zero-order valence-electron chi connectivity index (χ0n) is 10.6. The highest BCUT2D eigenvalue weighted by atomic mass is 16.2. The second-order valence-electron chi connectivity index (χ2n) is 5.03. The Morgan fingerprint density at radius 1 is 1.12 bits per heavy atom. The van der Waals surface area contributed by atoms with E-state index in [9.17, 15) is 9.59 Å². The smallest absolute Gasteiger partial charge is 0.269 e. The van der Waals surface area contributed by atoms with E-state index in [1.165, 1.54) is 0 Å². The lowest BCUT2D eigenvalue weighted by Gasteiger charge is -2.17. The molecule has 0 spiro atoms. The summed E-state index contributed by atoms with van der Waals surface area (Å²) in [4.78, 5) is 23.2. The van der Waals surface area contributed by atoms with Crippen molar-refractivity contribution >= 4 is 11.8 Å². The summed E-state index contributed by atoms with van der Waals surface area (Å²) in [6.07, 6.45) is 0. The van der Waals surface area contributed by atoms with Gasteiger partial charge in [-0.05, 0) is 19.1 Å². The van der Waals surface area contributed by atoms with Crippen LogP contribution in [0.15, 0.2) is 24.3 Å². The van der Waals surface area contributed by atoms with Gasteiger partial charge in [0.05, 0.1) is 0 Å². The molecule has 0 saturated heterocycles. The lowest BCUT2D eigenvalue weighted by atomic mass is 9.96. The molecule has 0 saturated carbocycles. The summed E-state index contributed by atoms with van der Waals surface area (Å²) < 4.78 is 0. The molecule has 0 heterocycles. The molecule has 1 aromatic rings. The van der Waals surface area contributed by atoms with Gasteiger partial charge < -0.3 is 0 Å². The van der Waals surface area contributed by atoms with E-state index in [1.54, 1.807) is 39.0 Å². The zero-order valence-corrected chi connectivity index (χ0v) is 10.6. The minimum absolute atomic E-state index is 0.224. The Labute approximate surface area is 101 Å². The Morgan fingerprint density at radius 3 is 2.29 bits per heavy atom. The molecule has 17 heavy (non-hydrogen) atoms. The third-order valence-corrected chi connectivity index (χ3v) is 2.25. The van der Waals surface area contributed by atoms with E-state index in [-0.39, 0.29) is 11.8 Å². The highest BCUT2D eigenvalue weighted by Gasteiger charge is 2.21. The van der Waals surface area contributed by atoms with Crippen molar-refractivity contribution in [2.75, 3.05) is 0 Å². The number of nitrogens with one attached hydrogen (secondary N) is 2. The van der Waals surface area contributed by atoms with Gasteiger partial charge in [0, 0.05) is 11.0 Å². The molecule has 0 fully saturated rings. The standard InChI is InChI=1S/C13H18N2O2/c1-9-6-5-7-10(8-9)11(16)14-15-12(17)13(2,3)4/h5-8H,1-4H3,(H,14,16)(H,15,17). The molecule has 0 unspecified atom stereocenters. The first-order chi connectivity index (χ1) is 7.80. The minimum Gasteiger partial charge on any atom is -0.273 e. The number of hydrogen-bond acceptors (Lipinski definition) is 2. The van der Waals surface area contributed by atoms with E-state index in [0.717, 1.165) is 5.56 Å². The van der Waals surface area contributed by atoms with Crippen molar-refractivity contribution in [3.8, 4) is 0 Å². The van der Waals surface area contributed by atoms with E-state index in [2.05, 4.69) is 10.9 Å². The molecule has 0 aliphatic heterocycles. The fourth-order valence-electron chi connectivity index (χ4n) is 1.16. The number of benzene rings is 1. The van der Waals surface area contributed by atoms with Crippen molar-refractivity contribution in [2.24, 2.45) is 5.41 Å². The largest absolute Gasteiger partial charge is 0.273 e. The molecule has 1 aromatic carbocycles. The van der Waals surface area contributed by atoms with Crippen molar-refractivity contribution in [2.45, 2.75) is 27.7 Å². The predicted molar refractivity (Wildman–Crippen MR) is 66.2 cm³/mol. The molecule has 4 heteroatoms. The fraction of sp³-hybridized carbons (Fsp3) is 0.385. The van der Waals surface area contributed by atoms with Gasteiger partial charge in [0.1, 0.15) is 0 Å². The van der Waals surface area contributed by atoms with Crippen LogP contribution >= 0.6 is 0 Å². The monoisotopic (exact) mass is 234 g/mol. The SMILES string of the molecule is Cc1cccc(C(=O)NNC(=O)C(C)(C)C)c1. The topological polar surface area (TPSA) is 58.2 Å². The third-order valence-electron chi connectivity index (χ3n) is 2.25. The number of amides is 2. The second-order valence-corrected chi connectivity index (χ2v) is 5.03. The van der Waals surface area contributed by atoms with E-state index < -0.39 is 5.41 Å². The Kier molecular flexibility index (Phi) is 3.89. The molecule has 0 aliphatic carbocycles. The molecule has 2 amide bonds. The van der Waals surface area contributed by atoms with Crippen LogP contribution in [0.5, 0.6) is 0 Å². The van der Waals surface area contributed by atoms with Gasteiger partial charge in [-0.3, -0.25) is 20.4 Å². The summed E-state index contributed by atoms with van der Waals surface area (Å²) in [6.45, 7) is 7.24. The van der Waals surface area contributed by atoms with E-state index in [1.807, 2.05) is 13.0 Å². The number of rotatable bonds is 1. The number of hydrazine groups is 1. The van der Waals surface area contributed by atoms with E-state index in [4.69, 9.17) is 0 Å². The molecule has 0 aromatic heterocycles. The Balaban J connectivity index is 2.60. The van der Waals surface area contributed by atoms with Gasteiger partial charge in [0.25, 0.3) is 5.91 Å². The van der Waals surface area contributed by atoms with Gasteiger partial charge in [0.2, 0.25) is 5.91 Å². The quantitative estimate of drug-likeness (QED) is 0.728. The number of hydrogen-bond donors (Lipinski definition) is 2. The lowest BCUT2D eigenvalue weighted by molar-refractivity contribution is -0.129. The van der Waals surface area contributed by atoms with Gasteiger partial charge in [-0.1, -0.05) is 38.5 Å². The van der Waals surface area contributed by atoms with Crippen LogP contribution in [0, 0.1) is 12.3 Å². The van der Waals surface area contributed by atoms with E-state index >= 15 is 0 Å². The molecule has 0 atom stereocenters. The Morgan fingerprint density at radius 2 is 1.76 bits per heavy atom. The van der Waals surface area contributed by atoms with Crippen molar-refractivity contribution in [3.63, 3.8) is 0 Å². The second kappa shape index (κ2) is 4.99. The Hall–Kier alpha value is -1.84. The first-order valence-corrected chi connectivity index (χ1v) is 5.48. The molecule has 0 radical (unpaired) electrons. The van der Waals surface area contributed by atoms with Gasteiger partial charge in [0.15, 0.2) is 0 Å². The van der Waals surface area contributed by atoms with Crippen LogP contribution < -0.4 is 10.9 Å². The molecule has 4 nitrogen and oxygen atoms in total. The van der Waals surface area contributed by atoms with Crippen LogP contribution in [-0.2, 0) is 4.79 Å². The maximum absolute atomic E-state index is 11.7.